The quantitative estimate of drug-likeness (QED) is 0.0442. The summed E-state index contributed by atoms with van der Waals surface area (Å²) >= 11 is 39.7. The monoisotopic (exact) mass is 1240 g/mol. The Morgan fingerprint density at radius 3 is 1.34 bits per heavy atom. The average Bonchev–Trinajstić information content (AvgIpc) is 2.92. The van der Waals surface area contributed by atoms with Crippen LogP contribution in [-0.4, -0.2) is 83.1 Å². The van der Waals surface area contributed by atoms with Crippen LogP contribution in [0.3, 0.4) is 0 Å². The number of allylic oxidation sites excluding steroid dienone is 4. The predicted molar refractivity (Wildman–Crippen MR) is 240 cm³/mol. The zero-order valence-electron chi connectivity index (χ0n) is 26.6. The Kier molecular flexibility index (Phi) is 19.9. The summed E-state index contributed by atoms with van der Waals surface area (Å²) in [5.41, 5.74) is 3.25. The number of carbonyl (C=O) groups excluding carboxylic acids is 2. The molecule has 0 saturated heterocycles. The van der Waals surface area contributed by atoms with Gasteiger partial charge in [0.1, 0.15) is 19.7 Å². The molecular formula is C31H40Br8O4S4. The van der Waals surface area contributed by atoms with Crippen molar-refractivity contribution >= 4 is 186 Å². The maximum Gasteiger partial charge on any atom is 0.333 e. The Morgan fingerprint density at radius 2 is 1.04 bits per heavy atom. The van der Waals surface area contributed by atoms with Crippen molar-refractivity contribution in [2.24, 2.45) is 5.41 Å². The summed E-state index contributed by atoms with van der Waals surface area (Å²) in [7, 11) is 0. The second-order valence-electron chi connectivity index (χ2n) is 11.7. The van der Waals surface area contributed by atoms with Gasteiger partial charge in [0, 0.05) is 51.1 Å². The number of ether oxygens (including phenoxy) is 2. The lowest BCUT2D eigenvalue weighted by molar-refractivity contribution is -0.139. The molecule has 2 aliphatic carbocycles. The first kappa shape index (κ1) is 46.3. The second kappa shape index (κ2) is 20.2. The Hall–Kier alpha value is 3.14. The Morgan fingerprint density at radius 1 is 0.702 bits per heavy atom. The average molecular weight is 1240 g/mol. The number of alkyl halides is 8. The van der Waals surface area contributed by atoms with Crippen molar-refractivity contribution in [3.8, 4) is 0 Å². The summed E-state index contributed by atoms with van der Waals surface area (Å²) in [4.78, 5) is 23.1. The van der Waals surface area contributed by atoms with Gasteiger partial charge in [-0.15, -0.1) is 0 Å². The molecule has 0 amide bonds. The van der Waals surface area contributed by atoms with E-state index in [1.165, 1.54) is 11.1 Å². The van der Waals surface area contributed by atoms with E-state index in [9.17, 15) is 9.59 Å². The van der Waals surface area contributed by atoms with Crippen LogP contribution in [0.5, 0.6) is 0 Å². The number of halogens is 8. The molecule has 0 aliphatic heterocycles. The normalized spacial score (nSPS) is 22.9. The number of rotatable bonds is 18. The molecule has 0 fully saturated rings. The highest BCUT2D eigenvalue weighted by molar-refractivity contribution is 9.27. The summed E-state index contributed by atoms with van der Waals surface area (Å²) in [6, 6.07) is 0. The first-order chi connectivity index (χ1) is 21.5. The van der Waals surface area contributed by atoms with Gasteiger partial charge in [-0.1, -0.05) is 178 Å². The van der Waals surface area contributed by atoms with Crippen LogP contribution >= 0.6 is 174 Å². The van der Waals surface area contributed by atoms with Crippen LogP contribution in [0.4, 0.5) is 0 Å². The Labute approximate surface area is 365 Å². The molecule has 2 unspecified atom stereocenters. The van der Waals surface area contributed by atoms with Crippen LogP contribution in [-0.2, 0) is 19.1 Å². The molecule has 0 radical (unpaired) electrons. The molecule has 2 atom stereocenters. The van der Waals surface area contributed by atoms with E-state index < -0.39 is 6.47 Å². The van der Waals surface area contributed by atoms with Gasteiger partial charge in [-0.3, -0.25) is 0 Å². The maximum absolute atomic E-state index is 11.6. The molecule has 0 aromatic rings. The number of carbonyl (C=O) groups is 2. The molecule has 0 aromatic heterocycles. The number of hydrogen-bond donors (Lipinski definition) is 0. The van der Waals surface area contributed by atoms with Crippen molar-refractivity contribution in [3.63, 3.8) is 0 Å². The predicted octanol–water partition coefficient (Wildman–Crippen LogP) is 12.5. The standard InChI is InChI=1S/C31H40Br8O4S4/c1-19(2)23(40)42-7-9-44-11-13-46-25-28(32,33)15-21(16-29(25,34)35)27(5,6)22-17-30(36,37)26(31(38,39)18-22)47-14-12-45-10-8-43-24(41)20(3)4/h15,17,25-26H,1,3,7-14,16,18H2,2,4-6H3. The number of thioether (sulfide) groups is 4. The van der Waals surface area contributed by atoms with Gasteiger partial charge < -0.3 is 9.47 Å². The second-order valence-corrected chi connectivity index (χ2v) is 31.8. The number of hydrogen-bond acceptors (Lipinski definition) is 8. The van der Waals surface area contributed by atoms with Gasteiger partial charge in [0.25, 0.3) is 0 Å². The zero-order valence-corrected chi connectivity index (χ0v) is 42.5. The Balaban J connectivity index is 2.04. The van der Waals surface area contributed by atoms with E-state index in [2.05, 4.69) is 167 Å². The molecule has 4 nitrogen and oxygen atoms in total. The van der Waals surface area contributed by atoms with Crippen molar-refractivity contribution in [2.75, 3.05) is 47.7 Å². The lowest BCUT2D eigenvalue weighted by atomic mass is 9.70. The highest BCUT2D eigenvalue weighted by Crippen LogP contribution is 2.63. The minimum Gasteiger partial charge on any atom is -0.461 e. The summed E-state index contributed by atoms with van der Waals surface area (Å²) in [6.45, 7) is 16.0. The van der Waals surface area contributed by atoms with E-state index in [0.29, 0.717) is 24.4 Å². The molecule has 0 aromatic carbocycles. The van der Waals surface area contributed by atoms with Gasteiger partial charge in [-0.25, -0.2) is 9.59 Å². The van der Waals surface area contributed by atoms with E-state index in [0.717, 1.165) is 47.4 Å². The molecule has 0 bridgehead atoms. The molecule has 16 heteroatoms. The largest absolute Gasteiger partial charge is 0.461 e. The first-order valence-corrected chi connectivity index (χ1v) is 25.3. The molecule has 0 spiro atoms. The lowest BCUT2D eigenvalue weighted by Crippen LogP contribution is -2.48. The van der Waals surface area contributed by atoms with Gasteiger partial charge in [0.15, 0.2) is 0 Å². The fraction of sp³-hybridized carbons (Fsp3) is 0.677. The van der Waals surface area contributed by atoms with Crippen LogP contribution in [0.2, 0.25) is 0 Å². The van der Waals surface area contributed by atoms with Crippen molar-refractivity contribution in [2.45, 2.75) is 64.0 Å². The highest BCUT2D eigenvalue weighted by atomic mass is 79.9. The van der Waals surface area contributed by atoms with Gasteiger partial charge in [0.2, 0.25) is 0 Å². The van der Waals surface area contributed by atoms with Crippen LogP contribution in [0, 0.1) is 5.41 Å². The SMILES string of the molecule is C=C(C)C(=O)OCCSCCSC1C(Br)(Br)C=C(C(C)(C)C2=CC(Br)(Br)C(SCCSCCOC(=O)C(=C)C)C(Br)(Br)C2)CC1(Br)Br. The summed E-state index contributed by atoms with van der Waals surface area (Å²) in [5.74, 6) is 4.66. The van der Waals surface area contributed by atoms with Crippen molar-refractivity contribution in [3.05, 3.63) is 47.6 Å². The van der Waals surface area contributed by atoms with Crippen LogP contribution in [0.1, 0.15) is 40.5 Å². The van der Waals surface area contributed by atoms with Crippen molar-refractivity contribution < 1.29 is 19.1 Å². The van der Waals surface area contributed by atoms with Crippen molar-refractivity contribution in [1.29, 1.82) is 0 Å². The third kappa shape index (κ3) is 14.4. The van der Waals surface area contributed by atoms with E-state index in [1.807, 2.05) is 23.5 Å². The summed E-state index contributed by atoms with van der Waals surface area (Å²) in [5, 5.41) is 0.317. The van der Waals surface area contributed by atoms with E-state index >= 15 is 0 Å². The van der Waals surface area contributed by atoms with Crippen molar-refractivity contribution in [1.82, 2.24) is 0 Å². The molecule has 2 aliphatic rings. The van der Waals surface area contributed by atoms with Crippen LogP contribution in [0.25, 0.3) is 0 Å². The molecule has 0 heterocycles. The van der Waals surface area contributed by atoms with Crippen LogP contribution in [0.15, 0.2) is 47.6 Å². The fourth-order valence-corrected chi connectivity index (χ4v) is 19.9. The topological polar surface area (TPSA) is 52.6 Å². The van der Waals surface area contributed by atoms with Gasteiger partial charge in [-0.2, -0.15) is 47.0 Å². The van der Waals surface area contributed by atoms with E-state index in [-0.39, 0.29) is 34.3 Å². The van der Waals surface area contributed by atoms with E-state index in [1.54, 1.807) is 37.4 Å². The molecule has 0 N–H and O–H groups in total. The molecule has 0 saturated carbocycles. The molecular weight excluding hydrogens is 1200 g/mol. The fourth-order valence-electron chi connectivity index (χ4n) is 4.74. The minimum absolute atomic E-state index is 0.159. The summed E-state index contributed by atoms with van der Waals surface area (Å²) < 4.78 is 8.86. The Bertz CT molecular complexity index is 1130. The summed E-state index contributed by atoms with van der Waals surface area (Å²) in [6.07, 6.45) is 6.33. The smallest absolute Gasteiger partial charge is 0.333 e. The highest BCUT2D eigenvalue weighted by Gasteiger charge is 2.55. The lowest BCUT2D eigenvalue weighted by Gasteiger charge is -2.49. The van der Waals surface area contributed by atoms with Gasteiger partial charge in [0.05, 0.1) is 17.0 Å². The maximum atomic E-state index is 11.6. The first-order valence-electron chi connectivity index (χ1n) is 14.5. The van der Waals surface area contributed by atoms with Gasteiger partial charge in [-0.05, 0) is 26.7 Å². The molecule has 268 valence electrons. The van der Waals surface area contributed by atoms with Crippen LogP contribution < -0.4 is 0 Å². The zero-order chi connectivity index (χ0) is 35.8. The third-order valence-corrected chi connectivity index (χ3v) is 20.9. The molecule has 2 rings (SSSR count). The third-order valence-electron chi connectivity index (χ3n) is 7.30. The minimum atomic E-state index is -0.432. The van der Waals surface area contributed by atoms with Gasteiger partial charge >= 0.3 is 11.9 Å². The van der Waals surface area contributed by atoms with E-state index in [4.69, 9.17) is 9.47 Å². The molecule has 47 heavy (non-hydrogen) atoms. The number of esters is 2.